The zero-order chi connectivity index (χ0) is 12.2. The minimum absolute atomic E-state index is 0.0141. The standard InChI is InChI=1S/C11H18N2O2S/c1-11(2,12)9-16(14,15)7-5-10-4-3-6-13-8-10/h3-4,6,8H,5,7,9,12H2,1-2H3. The smallest absolute Gasteiger partial charge is 0.152 e. The SMILES string of the molecule is CC(C)(N)CS(=O)(=O)CCc1cccnc1. The van der Waals surface area contributed by atoms with Gasteiger partial charge in [-0.15, -0.1) is 0 Å². The van der Waals surface area contributed by atoms with Gasteiger partial charge in [-0.2, -0.15) is 0 Å². The van der Waals surface area contributed by atoms with Crippen LogP contribution >= 0.6 is 0 Å². The van der Waals surface area contributed by atoms with Gasteiger partial charge in [-0.05, 0) is 31.9 Å². The summed E-state index contributed by atoms with van der Waals surface area (Å²) in [5.74, 6) is 0.138. The Morgan fingerprint density at radius 2 is 2.12 bits per heavy atom. The number of aryl methyl sites for hydroxylation is 1. The van der Waals surface area contributed by atoms with Crippen LogP contribution in [-0.2, 0) is 16.3 Å². The van der Waals surface area contributed by atoms with Crippen LogP contribution in [0, 0.1) is 0 Å². The summed E-state index contributed by atoms with van der Waals surface area (Å²) in [5, 5.41) is 0. The molecule has 4 nitrogen and oxygen atoms in total. The van der Waals surface area contributed by atoms with Crippen molar-refractivity contribution in [2.24, 2.45) is 5.73 Å². The molecule has 1 aromatic rings. The number of hydrogen-bond acceptors (Lipinski definition) is 4. The maximum absolute atomic E-state index is 11.7. The average molecular weight is 242 g/mol. The Labute approximate surface area is 96.8 Å². The summed E-state index contributed by atoms with van der Waals surface area (Å²) in [5.41, 5.74) is 5.96. The molecule has 0 atom stereocenters. The first-order valence-electron chi connectivity index (χ1n) is 5.17. The molecule has 0 fully saturated rings. The molecule has 16 heavy (non-hydrogen) atoms. The predicted molar refractivity (Wildman–Crippen MR) is 64.9 cm³/mol. The Morgan fingerprint density at radius 3 is 2.62 bits per heavy atom. The van der Waals surface area contributed by atoms with Crippen molar-refractivity contribution in [1.82, 2.24) is 4.98 Å². The molecular formula is C11H18N2O2S. The average Bonchev–Trinajstić information content (AvgIpc) is 2.13. The third-order valence-electron chi connectivity index (χ3n) is 2.02. The summed E-state index contributed by atoms with van der Waals surface area (Å²) in [7, 11) is -3.09. The number of sulfone groups is 1. The van der Waals surface area contributed by atoms with E-state index in [9.17, 15) is 8.42 Å². The van der Waals surface area contributed by atoms with Gasteiger partial charge >= 0.3 is 0 Å². The van der Waals surface area contributed by atoms with E-state index in [2.05, 4.69) is 4.98 Å². The van der Waals surface area contributed by atoms with E-state index in [0.717, 1.165) is 5.56 Å². The van der Waals surface area contributed by atoms with Crippen molar-refractivity contribution >= 4 is 9.84 Å². The summed E-state index contributed by atoms with van der Waals surface area (Å²) in [6.45, 7) is 3.43. The summed E-state index contributed by atoms with van der Waals surface area (Å²) in [6, 6.07) is 3.67. The monoisotopic (exact) mass is 242 g/mol. The molecule has 0 aliphatic carbocycles. The second-order valence-electron chi connectivity index (χ2n) is 4.69. The third-order valence-corrected chi connectivity index (χ3v) is 4.03. The molecule has 0 amide bonds. The van der Waals surface area contributed by atoms with Gasteiger partial charge in [0, 0.05) is 17.9 Å². The quantitative estimate of drug-likeness (QED) is 0.828. The van der Waals surface area contributed by atoms with E-state index in [1.54, 1.807) is 32.3 Å². The van der Waals surface area contributed by atoms with Gasteiger partial charge < -0.3 is 5.73 Å². The number of pyridine rings is 1. The van der Waals surface area contributed by atoms with Gasteiger partial charge in [-0.1, -0.05) is 6.07 Å². The molecular weight excluding hydrogens is 224 g/mol. The molecule has 0 saturated heterocycles. The van der Waals surface area contributed by atoms with Crippen molar-refractivity contribution < 1.29 is 8.42 Å². The van der Waals surface area contributed by atoms with E-state index < -0.39 is 15.4 Å². The van der Waals surface area contributed by atoms with Crippen molar-refractivity contribution in [3.8, 4) is 0 Å². The van der Waals surface area contributed by atoms with Gasteiger partial charge in [-0.3, -0.25) is 4.98 Å². The molecule has 0 spiro atoms. The number of hydrogen-bond donors (Lipinski definition) is 1. The van der Waals surface area contributed by atoms with Crippen molar-refractivity contribution in [2.45, 2.75) is 25.8 Å². The first-order chi connectivity index (χ1) is 7.29. The Bertz CT molecular complexity index is 421. The number of nitrogens with zero attached hydrogens (tertiary/aromatic N) is 1. The minimum Gasteiger partial charge on any atom is -0.325 e. The van der Waals surface area contributed by atoms with Gasteiger partial charge in [0.05, 0.1) is 11.5 Å². The van der Waals surface area contributed by atoms with Crippen molar-refractivity contribution in [2.75, 3.05) is 11.5 Å². The van der Waals surface area contributed by atoms with Gasteiger partial charge in [-0.25, -0.2) is 8.42 Å². The fraction of sp³-hybridized carbons (Fsp3) is 0.545. The summed E-state index contributed by atoms with van der Waals surface area (Å²) in [6.07, 6.45) is 3.84. The third kappa shape index (κ3) is 5.23. The molecule has 0 unspecified atom stereocenters. The van der Waals surface area contributed by atoms with Crippen LogP contribution in [0.1, 0.15) is 19.4 Å². The number of aromatic nitrogens is 1. The summed E-state index contributed by atoms with van der Waals surface area (Å²) >= 11 is 0. The van der Waals surface area contributed by atoms with E-state index >= 15 is 0 Å². The predicted octanol–water partition coefficient (Wildman–Crippen LogP) is 0.776. The first kappa shape index (κ1) is 13.1. The maximum Gasteiger partial charge on any atom is 0.152 e. The molecule has 2 N–H and O–H groups in total. The van der Waals surface area contributed by atoms with Crippen LogP contribution in [0.15, 0.2) is 24.5 Å². The highest BCUT2D eigenvalue weighted by molar-refractivity contribution is 7.91. The highest BCUT2D eigenvalue weighted by Gasteiger charge is 2.21. The van der Waals surface area contributed by atoms with Gasteiger partial charge in [0.1, 0.15) is 0 Å². The highest BCUT2D eigenvalue weighted by atomic mass is 32.2. The molecule has 1 aromatic heterocycles. The minimum atomic E-state index is -3.09. The highest BCUT2D eigenvalue weighted by Crippen LogP contribution is 2.06. The van der Waals surface area contributed by atoms with Gasteiger partial charge in [0.2, 0.25) is 0 Å². The van der Waals surface area contributed by atoms with E-state index in [1.807, 2.05) is 6.07 Å². The Balaban J connectivity index is 2.56. The fourth-order valence-corrected chi connectivity index (χ4v) is 3.28. The molecule has 1 heterocycles. The molecule has 0 radical (unpaired) electrons. The zero-order valence-corrected chi connectivity index (χ0v) is 10.5. The summed E-state index contributed by atoms with van der Waals surface area (Å²) < 4.78 is 23.4. The molecule has 0 aliphatic heterocycles. The molecule has 0 aromatic carbocycles. The van der Waals surface area contributed by atoms with Crippen LogP contribution in [0.25, 0.3) is 0 Å². The lowest BCUT2D eigenvalue weighted by molar-refractivity contribution is 0.544. The lowest BCUT2D eigenvalue weighted by Crippen LogP contribution is -2.40. The lowest BCUT2D eigenvalue weighted by atomic mass is 10.1. The van der Waals surface area contributed by atoms with E-state index in [0.29, 0.717) is 6.42 Å². The van der Waals surface area contributed by atoms with Crippen LogP contribution < -0.4 is 5.73 Å². The molecule has 90 valence electrons. The normalized spacial score (nSPS) is 12.7. The van der Waals surface area contributed by atoms with Crippen molar-refractivity contribution in [3.05, 3.63) is 30.1 Å². The molecule has 0 saturated carbocycles. The Hall–Kier alpha value is -0.940. The fourth-order valence-electron chi connectivity index (χ4n) is 1.46. The van der Waals surface area contributed by atoms with Crippen molar-refractivity contribution in [1.29, 1.82) is 0 Å². The second-order valence-corrected chi connectivity index (χ2v) is 6.88. The Kier molecular flexibility index (Phi) is 4.04. The van der Waals surface area contributed by atoms with E-state index in [-0.39, 0.29) is 11.5 Å². The molecule has 0 aliphatic rings. The van der Waals surface area contributed by atoms with E-state index in [1.165, 1.54) is 0 Å². The molecule has 5 heteroatoms. The Morgan fingerprint density at radius 1 is 1.44 bits per heavy atom. The van der Waals surface area contributed by atoms with Crippen LogP contribution in [-0.4, -0.2) is 30.4 Å². The van der Waals surface area contributed by atoms with Crippen LogP contribution in [0.4, 0.5) is 0 Å². The maximum atomic E-state index is 11.7. The zero-order valence-electron chi connectivity index (χ0n) is 9.68. The van der Waals surface area contributed by atoms with Crippen LogP contribution in [0.2, 0.25) is 0 Å². The lowest BCUT2D eigenvalue weighted by Gasteiger charge is -2.18. The van der Waals surface area contributed by atoms with Gasteiger partial charge in [0.25, 0.3) is 0 Å². The number of rotatable bonds is 5. The van der Waals surface area contributed by atoms with Crippen molar-refractivity contribution in [3.63, 3.8) is 0 Å². The number of nitrogens with two attached hydrogens (primary N) is 1. The van der Waals surface area contributed by atoms with Crippen LogP contribution in [0.3, 0.4) is 0 Å². The van der Waals surface area contributed by atoms with Crippen LogP contribution in [0.5, 0.6) is 0 Å². The largest absolute Gasteiger partial charge is 0.325 e. The molecule has 0 bridgehead atoms. The topological polar surface area (TPSA) is 73.1 Å². The first-order valence-corrected chi connectivity index (χ1v) is 6.99. The summed E-state index contributed by atoms with van der Waals surface area (Å²) in [4.78, 5) is 3.94. The van der Waals surface area contributed by atoms with E-state index in [4.69, 9.17) is 5.73 Å². The molecule has 1 rings (SSSR count). The second kappa shape index (κ2) is 4.93. The van der Waals surface area contributed by atoms with Gasteiger partial charge in [0.15, 0.2) is 9.84 Å².